The fourth-order valence-corrected chi connectivity index (χ4v) is 2.58. The van der Waals surface area contributed by atoms with Crippen molar-refractivity contribution in [1.29, 1.82) is 0 Å². The van der Waals surface area contributed by atoms with Gasteiger partial charge in [-0.3, -0.25) is 4.68 Å². The maximum atomic E-state index is 4.58. The molecule has 3 heteroatoms. The Kier molecular flexibility index (Phi) is 5.36. The van der Waals surface area contributed by atoms with Crippen molar-refractivity contribution in [1.82, 2.24) is 15.1 Å². The molecule has 108 valence electrons. The second kappa shape index (κ2) is 7.25. The van der Waals surface area contributed by atoms with E-state index in [1.807, 2.05) is 11.7 Å². The molecular formula is C17H25N3. The molecule has 1 N–H and O–H groups in total. The Morgan fingerprint density at radius 2 is 1.95 bits per heavy atom. The van der Waals surface area contributed by atoms with Gasteiger partial charge in [0.1, 0.15) is 0 Å². The maximum absolute atomic E-state index is 4.58. The summed E-state index contributed by atoms with van der Waals surface area (Å²) in [6.45, 7) is 5.41. The molecule has 3 nitrogen and oxygen atoms in total. The molecule has 0 aliphatic heterocycles. The van der Waals surface area contributed by atoms with Crippen molar-refractivity contribution in [3.8, 4) is 0 Å². The monoisotopic (exact) mass is 271 g/mol. The van der Waals surface area contributed by atoms with Gasteiger partial charge in [0.25, 0.3) is 0 Å². The molecule has 0 bridgehead atoms. The molecule has 2 rings (SSSR count). The molecule has 0 saturated heterocycles. The first kappa shape index (κ1) is 14.8. The fraction of sp³-hybridized carbons (Fsp3) is 0.471. The number of rotatable bonds is 7. The highest BCUT2D eigenvalue weighted by molar-refractivity contribution is 5.25. The number of hydrogen-bond donors (Lipinski definition) is 1. The van der Waals surface area contributed by atoms with Crippen LogP contribution in [0.5, 0.6) is 0 Å². The van der Waals surface area contributed by atoms with Gasteiger partial charge in [-0.1, -0.05) is 44.2 Å². The van der Waals surface area contributed by atoms with Crippen LogP contribution in [0.1, 0.15) is 43.1 Å². The third-order valence-corrected chi connectivity index (χ3v) is 3.57. The van der Waals surface area contributed by atoms with Gasteiger partial charge >= 0.3 is 0 Å². The van der Waals surface area contributed by atoms with Gasteiger partial charge in [-0.2, -0.15) is 5.10 Å². The molecule has 0 aliphatic carbocycles. The van der Waals surface area contributed by atoms with Gasteiger partial charge in [0, 0.05) is 24.8 Å². The molecule has 1 unspecified atom stereocenters. The summed E-state index contributed by atoms with van der Waals surface area (Å²) >= 11 is 0. The van der Waals surface area contributed by atoms with Crippen molar-refractivity contribution >= 4 is 0 Å². The van der Waals surface area contributed by atoms with Gasteiger partial charge in [0.2, 0.25) is 0 Å². The quantitative estimate of drug-likeness (QED) is 0.837. The van der Waals surface area contributed by atoms with E-state index in [0.717, 1.165) is 25.8 Å². The Balaban J connectivity index is 2.22. The van der Waals surface area contributed by atoms with Crippen LogP contribution < -0.4 is 5.32 Å². The summed E-state index contributed by atoms with van der Waals surface area (Å²) < 4.78 is 1.93. The molecule has 1 aromatic carbocycles. The van der Waals surface area contributed by atoms with Gasteiger partial charge in [0.15, 0.2) is 0 Å². The fourth-order valence-electron chi connectivity index (χ4n) is 2.58. The lowest BCUT2D eigenvalue weighted by Crippen LogP contribution is -2.24. The Morgan fingerprint density at radius 3 is 2.60 bits per heavy atom. The number of aryl methyl sites for hydroxylation is 2. The van der Waals surface area contributed by atoms with Crippen molar-refractivity contribution in [3.63, 3.8) is 0 Å². The number of benzene rings is 1. The minimum absolute atomic E-state index is 0.348. The Bertz CT molecular complexity index is 516. The molecule has 0 spiro atoms. The van der Waals surface area contributed by atoms with Crippen LogP contribution >= 0.6 is 0 Å². The Labute approximate surface area is 122 Å². The van der Waals surface area contributed by atoms with Crippen LogP contribution in [-0.4, -0.2) is 16.3 Å². The average Bonchev–Trinajstić information content (AvgIpc) is 2.85. The first-order valence-corrected chi connectivity index (χ1v) is 7.54. The lowest BCUT2D eigenvalue weighted by atomic mass is 9.98. The highest BCUT2D eigenvalue weighted by atomic mass is 15.3. The number of aromatic nitrogens is 2. The molecule has 0 radical (unpaired) electrons. The third kappa shape index (κ3) is 3.70. The van der Waals surface area contributed by atoms with Crippen LogP contribution in [-0.2, 0) is 19.9 Å². The second-order valence-corrected chi connectivity index (χ2v) is 5.25. The van der Waals surface area contributed by atoms with Crippen molar-refractivity contribution in [2.45, 2.75) is 39.2 Å². The first-order chi connectivity index (χ1) is 9.74. The molecule has 2 aromatic rings. The van der Waals surface area contributed by atoms with Gasteiger partial charge < -0.3 is 5.32 Å². The van der Waals surface area contributed by atoms with Crippen LogP contribution in [0, 0.1) is 0 Å². The minimum atomic E-state index is 0.348. The summed E-state index contributed by atoms with van der Waals surface area (Å²) in [5, 5.41) is 8.25. The predicted octanol–water partition coefficient (Wildman–Crippen LogP) is 3.27. The molecule has 1 aromatic heterocycles. The highest BCUT2D eigenvalue weighted by Crippen LogP contribution is 2.22. The van der Waals surface area contributed by atoms with Crippen LogP contribution in [0.4, 0.5) is 0 Å². The number of nitrogens with zero attached hydrogens (tertiary/aromatic N) is 2. The van der Waals surface area contributed by atoms with Gasteiger partial charge in [-0.25, -0.2) is 0 Å². The van der Waals surface area contributed by atoms with Gasteiger partial charge in [-0.15, -0.1) is 0 Å². The van der Waals surface area contributed by atoms with Crippen LogP contribution in [0.25, 0.3) is 0 Å². The zero-order chi connectivity index (χ0) is 14.4. The number of nitrogens with one attached hydrogen (secondary N) is 1. The topological polar surface area (TPSA) is 29.9 Å². The maximum Gasteiger partial charge on any atom is 0.0669 e. The average molecular weight is 271 g/mol. The van der Waals surface area contributed by atoms with Gasteiger partial charge in [0.05, 0.1) is 5.69 Å². The van der Waals surface area contributed by atoms with Crippen LogP contribution in [0.15, 0.2) is 36.5 Å². The van der Waals surface area contributed by atoms with E-state index >= 15 is 0 Å². The molecule has 20 heavy (non-hydrogen) atoms. The van der Waals surface area contributed by atoms with E-state index in [9.17, 15) is 0 Å². The van der Waals surface area contributed by atoms with Crippen molar-refractivity contribution in [2.75, 3.05) is 6.54 Å². The molecular weight excluding hydrogens is 246 g/mol. The minimum Gasteiger partial charge on any atom is -0.310 e. The van der Waals surface area contributed by atoms with E-state index in [-0.39, 0.29) is 0 Å². The summed E-state index contributed by atoms with van der Waals surface area (Å²) in [7, 11) is 2.00. The predicted molar refractivity (Wildman–Crippen MR) is 83.8 cm³/mol. The van der Waals surface area contributed by atoms with Crippen LogP contribution in [0.2, 0.25) is 0 Å². The summed E-state index contributed by atoms with van der Waals surface area (Å²) in [4.78, 5) is 0. The van der Waals surface area contributed by atoms with E-state index in [0.29, 0.717) is 6.04 Å². The highest BCUT2D eigenvalue weighted by Gasteiger charge is 2.17. The molecule has 0 fully saturated rings. The van der Waals surface area contributed by atoms with Gasteiger partial charge in [-0.05, 0) is 31.4 Å². The van der Waals surface area contributed by atoms with Crippen LogP contribution in [0.3, 0.4) is 0 Å². The number of hydrogen-bond acceptors (Lipinski definition) is 2. The Morgan fingerprint density at radius 1 is 1.20 bits per heavy atom. The lowest BCUT2D eigenvalue weighted by molar-refractivity contribution is 0.525. The normalized spacial score (nSPS) is 12.6. The molecule has 0 saturated carbocycles. The van der Waals surface area contributed by atoms with Crippen molar-refractivity contribution < 1.29 is 0 Å². The zero-order valence-electron chi connectivity index (χ0n) is 12.8. The zero-order valence-corrected chi connectivity index (χ0v) is 12.8. The van der Waals surface area contributed by atoms with E-state index in [1.54, 1.807) is 0 Å². The molecule has 0 aliphatic rings. The van der Waals surface area contributed by atoms with E-state index in [2.05, 4.69) is 60.8 Å². The largest absolute Gasteiger partial charge is 0.310 e. The van der Waals surface area contributed by atoms with E-state index < -0.39 is 0 Å². The van der Waals surface area contributed by atoms with E-state index in [4.69, 9.17) is 0 Å². The molecule has 1 heterocycles. The summed E-state index contributed by atoms with van der Waals surface area (Å²) in [5.74, 6) is 0. The Hall–Kier alpha value is -1.61. The smallest absolute Gasteiger partial charge is 0.0669 e. The molecule has 0 amide bonds. The summed E-state index contributed by atoms with van der Waals surface area (Å²) in [5.41, 5.74) is 3.91. The third-order valence-electron chi connectivity index (χ3n) is 3.57. The molecule has 1 atom stereocenters. The van der Waals surface area contributed by atoms with E-state index in [1.165, 1.54) is 16.8 Å². The summed E-state index contributed by atoms with van der Waals surface area (Å²) in [6.07, 6.45) is 5.30. The SMILES string of the molecule is CCCNC(Cc1ccccc1)c1cn(C)nc1CC. The van der Waals surface area contributed by atoms with Crippen molar-refractivity contribution in [2.24, 2.45) is 7.05 Å². The lowest BCUT2D eigenvalue weighted by Gasteiger charge is -2.18. The second-order valence-electron chi connectivity index (χ2n) is 5.25. The standard InChI is InChI=1S/C17H25N3/c1-4-11-18-17(12-14-9-7-6-8-10-14)15-13-20(3)19-16(15)5-2/h6-10,13,17-18H,4-5,11-12H2,1-3H3. The summed E-state index contributed by atoms with van der Waals surface area (Å²) in [6, 6.07) is 11.0. The van der Waals surface area contributed by atoms with Crippen molar-refractivity contribution in [3.05, 3.63) is 53.3 Å². The first-order valence-electron chi connectivity index (χ1n) is 7.54.